The number of carbonyl (C=O) groups excluding carboxylic acids is 2. The number of nitrogens with two attached hydrogens (primary N) is 1. The fraction of sp³-hybridized carbons (Fsp3) is 0.429. The number of amides is 2. The van der Waals surface area contributed by atoms with Crippen molar-refractivity contribution >= 4 is 17.5 Å². The summed E-state index contributed by atoms with van der Waals surface area (Å²) in [6.45, 7) is 3.72. The molecule has 0 spiro atoms. The smallest absolute Gasteiger partial charge is 0.263 e. The Kier molecular flexibility index (Phi) is 2.29. The van der Waals surface area contributed by atoms with Crippen LogP contribution in [0.15, 0.2) is 18.2 Å². The number of benzene rings is 1. The molecule has 3 rings (SSSR count). The number of imide groups is 1. The van der Waals surface area contributed by atoms with Crippen molar-refractivity contribution in [1.29, 1.82) is 0 Å². The summed E-state index contributed by atoms with van der Waals surface area (Å²) < 4.78 is 0. The second kappa shape index (κ2) is 3.57. The fourth-order valence-corrected chi connectivity index (χ4v) is 2.93. The lowest BCUT2D eigenvalue weighted by Gasteiger charge is -2.52. The Balaban J connectivity index is 2.03. The molecule has 2 unspecified atom stereocenters. The van der Waals surface area contributed by atoms with Crippen molar-refractivity contribution in [2.75, 3.05) is 5.73 Å². The summed E-state index contributed by atoms with van der Waals surface area (Å²) in [5.74, 6) is -0.652. The van der Waals surface area contributed by atoms with E-state index in [9.17, 15) is 14.7 Å². The van der Waals surface area contributed by atoms with E-state index in [1.807, 2.05) is 13.8 Å². The third-order valence-corrected chi connectivity index (χ3v) is 4.45. The van der Waals surface area contributed by atoms with Crippen molar-refractivity contribution in [2.45, 2.75) is 32.4 Å². The van der Waals surface area contributed by atoms with Gasteiger partial charge in [0.25, 0.3) is 11.8 Å². The van der Waals surface area contributed by atoms with Crippen LogP contribution in [0.25, 0.3) is 0 Å². The van der Waals surface area contributed by atoms with Crippen molar-refractivity contribution in [3.05, 3.63) is 29.3 Å². The van der Waals surface area contributed by atoms with Gasteiger partial charge in [0.1, 0.15) is 0 Å². The average molecular weight is 260 g/mol. The van der Waals surface area contributed by atoms with Gasteiger partial charge in [0.05, 0.1) is 23.3 Å². The largest absolute Gasteiger partial charge is 0.398 e. The number of aliphatic hydroxyl groups is 1. The maximum absolute atomic E-state index is 12.4. The summed E-state index contributed by atoms with van der Waals surface area (Å²) in [6, 6.07) is 4.64. The minimum atomic E-state index is -0.487. The summed E-state index contributed by atoms with van der Waals surface area (Å²) in [5, 5.41) is 9.78. The van der Waals surface area contributed by atoms with Crippen LogP contribution in [0, 0.1) is 5.41 Å². The number of nitrogen functional groups attached to an aromatic ring is 1. The van der Waals surface area contributed by atoms with E-state index >= 15 is 0 Å². The number of carbonyl (C=O) groups is 2. The van der Waals surface area contributed by atoms with E-state index in [2.05, 4.69) is 0 Å². The molecule has 0 aromatic heterocycles. The molecule has 0 bridgehead atoms. The Morgan fingerprint density at radius 2 is 2.00 bits per heavy atom. The first-order chi connectivity index (χ1) is 8.85. The maximum atomic E-state index is 12.4. The van der Waals surface area contributed by atoms with Gasteiger partial charge in [-0.2, -0.15) is 0 Å². The number of fused-ring (bicyclic) bond motifs is 1. The third-order valence-electron chi connectivity index (χ3n) is 4.45. The first-order valence-corrected chi connectivity index (χ1v) is 6.30. The van der Waals surface area contributed by atoms with Gasteiger partial charge in [-0.25, -0.2) is 0 Å². The molecule has 2 atom stereocenters. The van der Waals surface area contributed by atoms with Crippen molar-refractivity contribution < 1.29 is 14.7 Å². The molecule has 100 valence electrons. The zero-order chi connectivity index (χ0) is 13.9. The number of hydrogen-bond donors (Lipinski definition) is 2. The van der Waals surface area contributed by atoms with E-state index in [0.717, 1.165) is 0 Å². The zero-order valence-electron chi connectivity index (χ0n) is 10.9. The molecule has 3 N–H and O–H groups in total. The minimum Gasteiger partial charge on any atom is -0.398 e. The Labute approximate surface area is 111 Å². The SMILES string of the molecule is CC1(C)C(O)CC1N1C(=O)c2cccc(N)c2C1=O. The molecule has 5 nitrogen and oxygen atoms in total. The third kappa shape index (κ3) is 1.39. The van der Waals surface area contributed by atoms with Gasteiger partial charge >= 0.3 is 0 Å². The second-order valence-electron chi connectivity index (χ2n) is 5.84. The van der Waals surface area contributed by atoms with E-state index in [-0.39, 0.29) is 17.9 Å². The summed E-state index contributed by atoms with van der Waals surface area (Å²) in [6.07, 6.45) is -0.0579. The predicted molar refractivity (Wildman–Crippen MR) is 69.5 cm³/mol. The van der Waals surface area contributed by atoms with Gasteiger partial charge in [0.2, 0.25) is 0 Å². The van der Waals surface area contributed by atoms with Gasteiger partial charge in [-0.15, -0.1) is 0 Å². The molecule has 1 fully saturated rings. The van der Waals surface area contributed by atoms with Crippen molar-refractivity contribution in [3.8, 4) is 0 Å². The number of rotatable bonds is 1. The first kappa shape index (κ1) is 12.2. The van der Waals surface area contributed by atoms with E-state index in [4.69, 9.17) is 5.73 Å². The van der Waals surface area contributed by atoms with Gasteiger partial charge in [-0.3, -0.25) is 14.5 Å². The molecule has 1 aliphatic heterocycles. The molecule has 1 saturated carbocycles. The predicted octanol–water partition coefficient (Wildman–Crippen LogP) is 1.02. The highest BCUT2D eigenvalue weighted by atomic mass is 16.3. The van der Waals surface area contributed by atoms with Crippen LogP contribution in [-0.4, -0.2) is 34.0 Å². The molecule has 0 radical (unpaired) electrons. The van der Waals surface area contributed by atoms with Crippen LogP contribution in [0.3, 0.4) is 0 Å². The molecule has 1 heterocycles. The molecule has 5 heteroatoms. The quantitative estimate of drug-likeness (QED) is 0.583. The topological polar surface area (TPSA) is 83.6 Å². The van der Waals surface area contributed by atoms with E-state index in [1.165, 1.54) is 4.90 Å². The van der Waals surface area contributed by atoms with Crippen LogP contribution in [-0.2, 0) is 0 Å². The number of hydrogen-bond acceptors (Lipinski definition) is 4. The summed E-state index contributed by atoms with van der Waals surface area (Å²) in [7, 11) is 0. The Hall–Kier alpha value is -1.88. The van der Waals surface area contributed by atoms with Gasteiger partial charge in [-0.1, -0.05) is 19.9 Å². The molecule has 1 aromatic carbocycles. The second-order valence-corrected chi connectivity index (χ2v) is 5.84. The molecule has 19 heavy (non-hydrogen) atoms. The van der Waals surface area contributed by atoms with Crippen LogP contribution in [0.4, 0.5) is 5.69 Å². The Bertz CT molecular complexity index is 594. The van der Waals surface area contributed by atoms with Crippen LogP contribution >= 0.6 is 0 Å². The van der Waals surface area contributed by atoms with Crippen LogP contribution in [0.2, 0.25) is 0 Å². The summed E-state index contributed by atoms with van der Waals surface area (Å²) >= 11 is 0. The van der Waals surface area contributed by atoms with E-state index in [0.29, 0.717) is 23.2 Å². The number of nitrogens with zero attached hydrogens (tertiary/aromatic N) is 1. The van der Waals surface area contributed by atoms with Crippen molar-refractivity contribution in [1.82, 2.24) is 4.90 Å². The lowest BCUT2D eigenvalue weighted by Crippen LogP contribution is -2.62. The molecular formula is C14H16N2O3. The first-order valence-electron chi connectivity index (χ1n) is 6.30. The van der Waals surface area contributed by atoms with Crippen molar-refractivity contribution in [3.63, 3.8) is 0 Å². The van der Waals surface area contributed by atoms with E-state index < -0.39 is 11.5 Å². The highest BCUT2D eigenvalue weighted by Crippen LogP contribution is 2.46. The van der Waals surface area contributed by atoms with Gasteiger partial charge in [-0.05, 0) is 18.6 Å². The number of aliphatic hydroxyl groups excluding tert-OH is 1. The lowest BCUT2D eigenvalue weighted by atomic mass is 9.64. The van der Waals surface area contributed by atoms with Gasteiger partial charge in [0, 0.05) is 11.1 Å². The molecule has 2 amide bonds. The highest BCUT2D eigenvalue weighted by Gasteiger charge is 2.55. The molecular weight excluding hydrogens is 244 g/mol. The average Bonchev–Trinajstić information content (AvgIpc) is 2.61. The Morgan fingerprint density at radius 3 is 2.53 bits per heavy atom. The molecule has 2 aliphatic rings. The molecule has 1 aliphatic carbocycles. The van der Waals surface area contributed by atoms with Gasteiger partial charge < -0.3 is 10.8 Å². The van der Waals surface area contributed by atoms with E-state index in [1.54, 1.807) is 18.2 Å². The Morgan fingerprint density at radius 1 is 1.32 bits per heavy atom. The molecule has 1 aromatic rings. The summed E-state index contributed by atoms with van der Waals surface area (Å²) in [4.78, 5) is 26.0. The highest BCUT2D eigenvalue weighted by molar-refractivity contribution is 6.23. The van der Waals surface area contributed by atoms with Crippen molar-refractivity contribution in [2.24, 2.45) is 5.41 Å². The summed E-state index contributed by atoms with van der Waals surface area (Å²) in [5.41, 5.74) is 6.31. The monoisotopic (exact) mass is 260 g/mol. The number of anilines is 1. The molecule has 0 saturated heterocycles. The standard InChI is InChI=1S/C14H16N2O3/c1-14(2)9(6-10(14)17)16-12(18)7-4-3-5-8(15)11(7)13(16)19/h3-5,9-10,17H,6,15H2,1-2H3. The fourth-order valence-electron chi connectivity index (χ4n) is 2.93. The lowest BCUT2D eigenvalue weighted by molar-refractivity contribution is -0.0988. The maximum Gasteiger partial charge on any atom is 0.263 e. The zero-order valence-corrected chi connectivity index (χ0v) is 10.9. The normalized spacial score (nSPS) is 28.3. The van der Waals surface area contributed by atoms with Crippen LogP contribution in [0.1, 0.15) is 41.0 Å². The van der Waals surface area contributed by atoms with Crippen LogP contribution in [0.5, 0.6) is 0 Å². The van der Waals surface area contributed by atoms with Crippen LogP contribution < -0.4 is 5.73 Å². The minimum absolute atomic E-state index is 0.269. The van der Waals surface area contributed by atoms with Gasteiger partial charge in [0.15, 0.2) is 0 Å².